The molecule has 1 amide bonds. The fourth-order valence-electron chi connectivity index (χ4n) is 3.58. The molecule has 0 bridgehead atoms. The molecule has 2 aromatic carbocycles. The topological polar surface area (TPSA) is 71.3 Å². The first-order valence-electron chi connectivity index (χ1n) is 10.8. The highest BCUT2D eigenvalue weighted by atomic mass is 35.5. The number of halogens is 2. The zero-order chi connectivity index (χ0) is 23.9. The molecule has 0 spiro atoms. The number of aromatic nitrogens is 2. The summed E-state index contributed by atoms with van der Waals surface area (Å²) in [5, 5.41) is 4.02. The van der Waals surface area contributed by atoms with Crippen molar-refractivity contribution in [3.63, 3.8) is 0 Å². The second-order valence-corrected chi connectivity index (χ2v) is 8.74. The third-order valence-electron chi connectivity index (χ3n) is 5.52. The van der Waals surface area contributed by atoms with E-state index in [4.69, 9.17) is 27.6 Å². The zero-order valence-corrected chi connectivity index (χ0v) is 20.1. The van der Waals surface area contributed by atoms with Crippen molar-refractivity contribution in [2.24, 2.45) is 0 Å². The first-order chi connectivity index (χ1) is 16.5. The normalized spacial score (nSPS) is 12.0. The Labute approximate surface area is 208 Å². The van der Waals surface area contributed by atoms with Gasteiger partial charge in [-0.1, -0.05) is 65.7 Å². The van der Waals surface area contributed by atoms with Crippen molar-refractivity contribution >= 4 is 29.1 Å². The molecule has 8 heteroatoms. The number of nitrogens with one attached hydrogen (secondary N) is 1. The Morgan fingerprint density at radius 2 is 1.91 bits per heavy atom. The van der Waals surface area contributed by atoms with E-state index in [1.54, 1.807) is 18.5 Å². The molecule has 4 rings (SSSR count). The van der Waals surface area contributed by atoms with Gasteiger partial charge < -0.3 is 9.73 Å². The number of carbonyl (C=O) groups is 1. The van der Waals surface area contributed by atoms with Crippen LogP contribution < -0.4 is 5.32 Å². The molecule has 34 heavy (non-hydrogen) atoms. The van der Waals surface area contributed by atoms with Gasteiger partial charge in [0.05, 0.1) is 6.54 Å². The number of amides is 1. The van der Waals surface area contributed by atoms with Crippen LogP contribution in [-0.4, -0.2) is 20.8 Å². The van der Waals surface area contributed by atoms with Crippen LogP contribution in [0.2, 0.25) is 10.0 Å². The highest BCUT2D eigenvalue weighted by molar-refractivity contribution is 6.35. The second-order valence-electron chi connectivity index (χ2n) is 7.90. The molecule has 2 aromatic heterocycles. The van der Waals surface area contributed by atoms with Crippen LogP contribution in [-0.2, 0) is 19.6 Å². The molecule has 1 atom stereocenters. The zero-order valence-electron chi connectivity index (χ0n) is 18.6. The van der Waals surface area contributed by atoms with Crippen LogP contribution in [0.25, 0.3) is 0 Å². The summed E-state index contributed by atoms with van der Waals surface area (Å²) < 4.78 is 5.66. The number of benzene rings is 2. The lowest BCUT2D eigenvalue weighted by molar-refractivity contribution is 0.0945. The van der Waals surface area contributed by atoms with E-state index in [0.717, 1.165) is 16.7 Å². The summed E-state index contributed by atoms with van der Waals surface area (Å²) in [4.78, 5) is 23.2. The van der Waals surface area contributed by atoms with Gasteiger partial charge >= 0.3 is 0 Å². The highest BCUT2D eigenvalue weighted by Crippen LogP contribution is 2.28. The second kappa shape index (κ2) is 11.3. The van der Waals surface area contributed by atoms with Crippen molar-refractivity contribution in [3.8, 4) is 0 Å². The van der Waals surface area contributed by atoms with Crippen molar-refractivity contribution in [3.05, 3.63) is 118 Å². The Balaban J connectivity index is 1.49. The molecular weight excluding hydrogens is 471 g/mol. The molecule has 174 valence electrons. The Bertz CT molecular complexity index is 1230. The summed E-state index contributed by atoms with van der Waals surface area (Å²) in [6.07, 6.45) is 4.78. The molecule has 0 radical (unpaired) electrons. The Morgan fingerprint density at radius 1 is 1.09 bits per heavy atom. The van der Waals surface area contributed by atoms with Gasteiger partial charge in [-0.2, -0.15) is 0 Å². The molecule has 1 N–H and O–H groups in total. The van der Waals surface area contributed by atoms with E-state index < -0.39 is 0 Å². The minimum Gasteiger partial charge on any atom is -0.447 e. The van der Waals surface area contributed by atoms with Crippen LogP contribution in [0, 0.1) is 0 Å². The summed E-state index contributed by atoms with van der Waals surface area (Å²) in [7, 11) is 0. The number of oxazole rings is 1. The monoisotopic (exact) mass is 494 g/mol. The van der Waals surface area contributed by atoms with Gasteiger partial charge in [0, 0.05) is 41.6 Å². The van der Waals surface area contributed by atoms with E-state index in [-0.39, 0.29) is 17.6 Å². The van der Waals surface area contributed by atoms with Gasteiger partial charge in [0.2, 0.25) is 5.89 Å². The average molecular weight is 495 g/mol. The predicted molar refractivity (Wildman–Crippen MR) is 132 cm³/mol. The predicted octanol–water partition coefficient (Wildman–Crippen LogP) is 6.07. The molecule has 2 heterocycles. The van der Waals surface area contributed by atoms with Gasteiger partial charge in [-0.15, -0.1) is 0 Å². The summed E-state index contributed by atoms with van der Waals surface area (Å²) in [6, 6.07) is 19.4. The van der Waals surface area contributed by atoms with E-state index in [1.165, 1.54) is 6.26 Å². The molecular formula is C26H24Cl2N4O2. The lowest BCUT2D eigenvalue weighted by atomic mass is 10.1. The van der Waals surface area contributed by atoms with E-state index in [2.05, 4.69) is 39.2 Å². The minimum absolute atomic E-state index is 0.0442. The Kier molecular flexibility index (Phi) is 7.95. The lowest BCUT2D eigenvalue weighted by Crippen LogP contribution is -2.27. The highest BCUT2D eigenvalue weighted by Gasteiger charge is 2.21. The molecule has 0 aliphatic carbocycles. The van der Waals surface area contributed by atoms with Crippen LogP contribution in [0.5, 0.6) is 0 Å². The van der Waals surface area contributed by atoms with E-state index >= 15 is 0 Å². The van der Waals surface area contributed by atoms with Gasteiger partial charge in [0.25, 0.3) is 5.91 Å². The Hall–Kier alpha value is -3.19. The maximum atomic E-state index is 12.5. The molecule has 0 unspecified atom stereocenters. The van der Waals surface area contributed by atoms with Crippen molar-refractivity contribution in [1.29, 1.82) is 0 Å². The largest absolute Gasteiger partial charge is 0.447 e. The van der Waals surface area contributed by atoms with Crippen LogP contribution in [0.3, 0.4) is 0 Å². The van der Waals surface area contributed by atoms with Gasteiger partial charge in [0.15, 0.2) is 5.69 Å². The third-order valence-corrected chi connectivity index (χ3v) is 6.10. The minimum atomic E-state index is -0.303. The van der Waals surface area contributed by atoms with Crippen molar-refractivity contribution in [2.45, 2.75) is 32.6 Å². The van der Waals surface area contributed by atoms with E-state index in [1.807, 2.05) is 42.5 Å². The number of nitrogens with zero attached hydrogens (tertiary/aromatic N) is 3. The standard InChI is InChI=1S/C26H24Cl2N4O2/c1-18(20-7-3-2-4-8-20)32(15-21-9-10-22(27)12-23(21)28)16-25-31-24(17-34-25)26(33)30-14-19-6-5-11-29-13-19/h2-13,17-18H,14-16H2,1H3,(H,30,33)/t18-/m1/s1. The lowest BCUT2D eigenvalue weighted by Gasteiger charge is -2.28. The van der Waals surface area contributed by atoms with Gasteiger partial charge in [0.1, 0.15) is 6.26 Å². The van der Waals surface area contributed by atoms with Crippen LogP contribution >= 0.6 is 23.2 Å². The van der Waals surface area contributed by atoms with Crippen molar-refractivity contribution in [1.82, 2.24) is 20.2 Å². The van der Waals surface area contributed by atoms with Crippen LogP contribution in [0.15, 0.2) is 83.7 Å². The number of carbonyl (C=O) groups excluding carboxylic acids is 1. The maximum absolute atomic E-state index is 12.5. The van der Waals surface area contributed by atoms with E-state index in [9.17, 15) is 4.79 Å². The molecule has 4 aromatic rings. The smallest absolute Gasteiger partial charge is 0.273 e. The Morgan fingerprint density at radius 3 is 2.65 bits per heavy atom. The summed E-state index contributed by atoms with van der Waals surface area (Å²) >= 11 is 12.5. The number of rotatable bonds is 9. The number of hydrogen-bond acceptors (Lipinski definition) is 5. The van der Waals surface area contributed by atoms with Crippen molar-refractivity contribution in [2.75, 3.05) is 0 Å². The maximum Gasteiger partial charge on any atom is 0.273 e. The van der Waals surface area contributed by atoms with Crippen molar-refractivity contribution < 1.29 is 9.21 Å². The quantitative estimate of drug-likeness (QED) is 0.305. The molecule has 0 aliphatic rings. The fraction of sp³-hybridized carbons (Fsp3) is 0.192. The number of hydrogen-bond donors (Lipinski definition) is 1. The van der Waals surface area contributed by atoms with Gasteiger partial charge in [-0.3, -0.25) is 14.7 Å². The van der Waals surface area contributed by atoms with Crippen LogP contribution in [0.4, 0.5) is 0 Å². The molecule has 6 nitrogen and oxygen atoms in total. The van der Waals surface area contributed by atoms with Gasteiger partial charge in [-0.25, -0.2) is 4.98 Å². The SMILES string of the molecule is C[C@H](c1ccccc1)N(Cc1nc(C(=O)NCc2cccnc2)co1)Cc1ccc(Cl)cc1Cl. The van der Waals surface area contributed by atoms with Gasteiger partial charge in [-0.05, 0) is 41.8 Å². The fourth-order valence-corrected chi connectivity index (χ4v) is 4.05. The molecule has 0 fully saturated rings. The molecule has 0 saturated carbocycles. The average Bonchev–Trinajstić information content (AvgIpc) is 3.33. The summed E-state index contributed by atoms with van der Waals surface area (Å²) in [5.41, 5.74) is 3.22. The number of pyridine rings is 1. The molecule has 0 saturated heterocycles. The summed E-state index contributed by atoms with van der Waals surface area (Å²) in [5.74, 6) is 0.140. The third kappa shape index (κ3) is 6.23. The van der Waals surface area contributed by atoms with E-state index in [0.29, 0.717) is 35.6 Å². The summed E-state index contributed by atoms with van der Waals surface area (Å²) in [6.45, 7) is 3.42. The molecule has 0 aliphatic heterocycles. The first-order valence-corrected chi connectivity index (χ1v) is 11.6. The first kappa shape index (κ1) is 24.0. The van der Waals surface area contributed by atoms with Crippen LogP contribution in [0.1, 0.15) is 46.0 Å².